The van der Waals surface area contributed by atoms with Crippen LogP contribution in [-0.4, -0.2) is 25.7 Å². The molecule has 1 aromatic carbocycles. The molecular weight excluding hydrogens is 318 g/mol. The lowest BCUT2D eigenvalue weighted by Crippen LogP contribution is -2.14. The normalized spacial score (nSPS) is 14.4. The first-order valence-corrected chi connectivity index (χ1v) is 8.61. The van der Waals surface area contributed by atoms with Crippen LogP contribution in [0.3, 0.4) is 0 Å². The number of anilines is 1. The second-order valence-corrected chi connectivity index (χ2v) is 7.09. The average molecular weight is 339 g/mol. The van der Waals surface area contributed by atoms with Gasteiger partial charge in [0, 0.05) is 23.4 Å². The van der Waals surface area contributed by atoms with Crippen LogP contribution in [0.2, 0.25) is 0 Å². The van der Waals surface area contributed by atoms with Crippen molar-refractivity contribution in [3.05, 3.63) is 46.0 Å². The average Bonchev–Trinajstić information content (AvgIpc) is 3.20. The van der Waals surface area contributed by atoms with Crippen LogP contribution < -0.4 is 11.0 Å². The van der Waals surface area contributed by atoms with Crippen molar-refractivity contribution in [2.45, 2.75) is 39.2 Å². The molecule has 0 unspecified atom stereocenters. The Morgan fingerprint density at radius 2 is 2.16 bits per heavy atom. The van der Waals surface area contributed by atoms with E-state index in [1.165, 1.54) is 0 Å². The molecule has 7 heteroatoms. The van der Waals surface area contributed by atoms with E-state index >= 15 is 0 Å². The van der Waals surface area contributed by atoms with Crippen molar-refractivity contribution in [2.75, 3.05) is 5.32 Å². The predicted molar refractivity (Wildman–Crippen MR) is 95.9 cm³/mol. The van der Waals surface area contributed by atoms with Gasteiger partial charge in [0.25, 0.3) is 5.91 Å². The summed E-state index contributed by atoms with van der Waals surface area (Å²) < 4.78 is 1.78. The van der Waals surface area contributed by atoms with Crippen LogP contribution in [0.15, 0.2) is 29.1 Å². The van der Waals surface area contributed by atoms with Gasteiger partial charge in [-0.2, -0.15) is 5.10 Å². The van der Waals surface area contributed by atoms with E-state index < -0.39 is 0 Å². The maximum Gasteiger partial charge on any atom is 0.326 e. The lowest BCUT2D eigenvalue weighted by Gasteiger charge is -2.03. The fourth-order valence-electron chi connectivity index (χ4n) is 3.13. The Hall–Kier alpha value is -2.83. The van der Waals surface area contributed by atoms with E-state index in [0.29, 0.717) is 28.9 Å². The Kier molecular flexibility index (Phi) is 3.71. The summed E-state index contributed by atoms with van der Waals surface area (Å²) in [5, 5.41) is 9.86. The minimum atomic E-state index is -0.246. The maximum atomic E-state index is 12.5. The number of carbonyl (C=O) groups is 1. The zero-order valence-electron chi connectivity index (χ0n) is 14.3. The summed E-state index contributed by atoms with van der Waals surface area (Å²) in [6.07, 6.45) is 2.95. The summed E-state index contributed by atoms with van der Waals surface area (Å²) in [6.45, 7) is 4.26. The summed E-state index contributed by atoms with van der Waals surface area (Å²) in [4.78, 5) is 27.4. The molecule has 1 aliphatic rings. The molecule has 7 nitrogen and oxygen atoms in total. The van der Waals surface area contributed by atoms with E-state index in [-0.39, 0.29) is 11.6 Å². The third-order valence-corrected chi connectivity index (χ3v) is 4.39. The first-order chi connectivity index (χ1) is 12.0. The molecule has 4 rings (SSSR count). The van der Waals surface area contributed by atoms with Gasteiger partial charge < -0.3 is 10.3 Å². The highest BCUT2D eigenvalue weighted by Gasteiger charge is 2.27. The minimum absolute atomic E-state index is 0.110. The minimum Gasteiger partial charge on any atom is -0.306 e. The lowest BCUT2D eigenvalue weighted by atomic mass is 10.1. The van der Waals surface area contributed by atoms with Gasteiger partial charge in [0.2, 0.25) is 0 Å². The highest BCUT2D eigenvalue weighted by molar-refractivity contribution is 6.05. The Morgan fingerprint density at radius 3 is 2.88 bits per heavy atom. The molecule has 2 aromatic heterocycles. The maximum absolute atomic E-state index is 12.5. The number of hydrogen-bond acceptors (Lipinski definition) is 3. The van der Waals surface area contributed by atoms with E-state index in [0.717, 1.165) is 30.5 Å². The summed E-state index contributed by atoms with van der Waals surface area (Å²) in [6, 6.07) is 7.43. The molecule has 1 fully saturated rings. The zero-order valence-corrected chi connectivity index (χ0v) is 14.3. The molecule has 130 valence electrons. The molecule has 3 aromatic rings. The number of carbonyl (C=O) groups excluding carboxylic acids is 1. The van der Waals surface area contributed by atoms with Crippen molar-refractivity contribution in [1.82, 2.24) is 19.7 Å². The number of benzene rings is 1. The van der Waals surface area contributed by atoms with Gasteiger partial charge in [0.1, 0.15) is 0 Å². The molecule has 0 atom stereocenters. The predicted octanol–water partition coefficient (Wildman–Crippen LogP) is 2.84. The van der Waals surface area contributed by atoms with E-state index in [1.807, 2.05) is 12.1 Å². The van der Waals surface area contributed by atoms with E-state index in [9.17, 15) is 9.59 Å². The largest absolute Gasteiger partial charge is 0.326 e. The number of nitrogens with zero attached hydrogens (tertiary/aromatic N) is 2. The number of hydrogen-bond donors (Lipinski definition) is 3. The van der Waals surface area contributed by atoms with Gasteiger partial charge in [-0.3, -0.25) is 14.5 Å². The Morgan fingerprint density at radius 1 is 1.36 bits per heavy atom. The van der Waals surface area contributed by atoms with E-state index in [1.54, 1.807) is 16.7 Å². The Balaban J connectivity index is 1.55. The van der Waals surface area contributed by atoms with Crippen LogP contribution >= 0.6 is 0 Å². The standard InChI is InChI=1S/C18H21N5O2/c1-10(2)7-12-9-16(22-21-12)20-17(24)11-3-6-15-14(8-11)19-18(25)23(15)13-4-5-13/h3,6,8-10,13H,4-5,7H2,1-2H3,(H,19,25)(H2,20,21,22,24). The molecular formula is C18H21N5O2. The molecule has 0 bridgehead atoms. The van der Waals surface area contributed by atoms with Gasteiger partial charge in [0.15, 0.2) is 5.82 Å². The Bertz CT molecular complexity index is 990. The molecule has 0 spiro atoms. The van der Waals surface area contributed by atoms with Gasteiger partial charge in [-0.15, -0.1) is 0 Å². The highest BCUT2D eigenvalue weighted by Crippen LogP contribution is 2.35. The number of aromatic amines is 2. The summed E-state index contributed by atoms with van der Waals surface area (Å²) in [7, 11) is 0. The van der Waals surface area contributed by atoms with Crippen LogP contribution in [-0.2, 0) is 6.42 Å². The van der Waals surface area contributed by atoms with Gasteiger partial charge in [-0.25, -0.2) is 4.79 Å². The van der Waals surface area contributed by atoms with Gasteiger partial charge in [-0.1, -0.05) is 13.8 Å². The van der Waals surface area contributed by atoms with Crippen molar-refractivity contribution < 1.29 is 4.79 Å². The first-order valence-electron chi connectivity index (χ1n) is 8.61. The van der Waals surface area contributed by atoms with Crippen molar-refractivity contribution in [2.24, 2.45) is 5.92 Å². The fourth-order valence-corrected chi connectivity index (χ4v) is 3.13. The van der Waals surface area contributed by atoms with Crippen LogP contribution in [0.25, 0.3) is 11.0 Å². The SMILES string of the molecule is CC(C)Cc1cc(NC(=O)c2ccc3c(c2)[nH]c(=O)n3C2CC2)n[nH]1. The Labute approximate surface area is 144 Å². The zero-order chi connectivity index (χ0) is 17.6. The van der Waals surface area contributed by atoms with Crippen LogP contribution in [0.5, 0.6) is 0 Å². The summed E-state index contributed by atoms with van der Waals surface area (Å²) >= 11 is 0. The van der Waals surface area contributed by atoms with Crippen LogP contribution in [0.4, 0.5) is 5.82 Å². The summed E-state index contributed by atoms with van der Waals surface area (Å²) in [5.74, 6) is 0.771. The van der Waals surface area contributed by atoms with Gasteiger partial charge in [0.05, 0.1) is 11.0 Å². The summed E-state index contributed by atoms with van der Waals surface area (Å²) in [5.41, 5.74) is 2.91. The van der Waals surface area contributed by atoms with E-state index in [2.05, 4.69) is 34.3 Å². The lowest BCUT2D eigenvalue weighted by molar-refractivity contribution is 0.102. The first kappa shape index (κ1) is 15.7. The molecule has 25 heavy (non-hydrogen) atoms. The molecule has 1 saturated carbocycles. The third kappa shape index (κ3) is 3.09. The van der Waals surface area contributed by atoms with Crippen molar-refractivity contribution in [3.8, 4) is 0 Å². The topological polar surface area (TPSA) is 95.6 Å². The second-order valence-electron chi connectivity index (χ2n) is 7.09. The molecule has 1 amide bonds. The number of nitrogens with one attached hydrogen (secondary N) is 3. The number of amides is 1. The number of imidazole rings is 1. The molecule has 1 aliphatic carbocycles. The van der Waals surface area contributed by atoms with Crippen molar-refractivity contribution >= 4 is 22.8 Å². The molecule has 0 aliphatic heterocycles. The number of H-pyrrole nitrogens is 2. The van der Waals surface area contributed by atoms with Crippen LogP contribution in [0.1, 0.15) is 48.8 Å². The van der Waals surface area contributed by atoms with Gasteiger partial charge in [-0.05, 0) is 43.4 Å². The van der Waals surface area contributed by atoms with Crippen molar-refractivity contribution in [1.29, 1.82) is 0 Å². The third-order valence-electron chi connectivity index (χ3n) is 4.39. The highest BCUT2D eigenvalue weighted by atomic mass is 16.2. The van der Waals surface area contributed by atoms with Gasteiger partial charge >= 0.3 is 5.69 Å². The number of aromatic nitrogens is 4. The quantitative estimate of drug-likeness (QED) is 0.667. The monoisotopic (exact) mass is 339 g/mol. The van der Waals surface area contributed by atoms with E-state index in [4.69, 9.17) is 0 Å². The molecule has 0 saturated heterocycles. The second kappa shape index (κ2) is 5.91. The molecule has 2 heterocycles. The molecule has 0 radical (unpaired) electrons. The smallest absolute Gasteiger partial charge is 0.306 e. The number of rotatable bonds is 5. The molecule has 3 N–H and O–H groups in total. The number of fused-ring (bicyclic) bond motifs is 1. The fraction of sp³-hybridized carbons (Fsp3) is 0.389. The van der Waals surface area contributed by atoms with Crippen LogP contribution in [0, 0.1) is 5.92 Å². The van der Waals surface area contributed by atoms with Crippen molar-refractivity contribution in [3.63, 3.8) is 0 Å².